The molecule has 0 fully saturated rings. The van der Waals surface area contributed by atoms with E-state index in [-0.39, 0.29) is 0 Å². The first-order valence-corrected chi connectivity index (χ1v) is 16.7. The zero-order chi connectivity index (χ0) is 33.4. The monoisotopic (exact) mass is 635 g/mol. The maximum Gasteiger partial charge on any atom is 0.187 e. The van der Waals surface area contributed by atoms with Gasteiger partial charge in [-0.25, -0.2) is 14.8 Å². The zero-order valence-corrected chi connectivity index (χ0v) is 27.1. The second kappa shape index (κ2) is 12.3. The van der Waals surface area contributed by atoms with Crippen LogP contribution in [0.2, 0.25) is 0 Å². The van der Waals surface area contributed by atoms with E-state index in [1.807, 2.05) is 42.5 Å². The number of rotatable bonds is 5. The smallest absolute Gasteiger partial charge is 0.187 e. The van der Waals surface area contributed by atoms with Crippen molar-refractivity contribution in [2.45, 2.75) is 0 Å². The molecular weight excluding hydrogens is 607 g/mol. The summed E-state index contributed by atoms with van der Waals surface area (Å²) in [7, 11) is 0. The van der Waals surface area contributed by atoms with E-state index in [0.717, 1.165) is 44.6 Å². The molecule has 1 heterocycles. The number of hydrogen-bond acceptors (Lipinski definition) is 2. The van der Waals surface area contributed by atoms with Crippen molar-refractivity contribution in [1.82, 2.24) is 9.97 Å². The fourth-order valence-electron chi connectivity index (χ4n) is 7.16. The molecule has 0 saturated heterocycles. The third-order valence-electron chi connectivity index (χ3n) is 9.48. The molecule has 1 aromatic heterocycles. The number of aromatic nitrogens is 2. The summed E-state index contributed by atoms with van der Waals surface area (Å²) in [5, 5.41) is 7.07. The Morgan fingerprint density at radius 2 is 0.980 bits per heavy atom. The van der Waals surface area contributed by atoms with Crippen molar-refractivity contribution in [2.24, 2.45) is 0 Å². The Labute approximate surface area is 290 Å². The molecule has 0 atom stereocenters. The van der Waals surface area contributed by atoms with E-state index < -0.39 is 0 Å². The van der Waals surface area contributed by atoms with Gasteiger partial charge < -0.3 is 0 Å². The van der Waals surface area contributed by atoms with Crippen molar-refractivity contribution in [3.63, 3.8) is 0 Å². The molecule has 0 aliphatic heterocycles. The summed E-state index contributed by atoms with van der Waals surface area (Å²) in [4.78, 5) is 14.1. The quantitative estimate of drug-likeness (QED) is 0.107. The molecule has 0 radical (unpaired) electrons. The van der Waals surface area contributed by atoms with Gasteiger partial charge in [0.2, 0.25) is 0 Å². The van der Waals surface area contributed by atoms with Crippen LogP contribution in [0.5, 0.6) is 0 Å². The molecule has 0 aliphatic rings. The van der Waals surface area contributed by atoms with Gasteiger partial charge in [-0.15, -0.1) is 0 Å². The van der Waals surface area contributed by atoms with Gasteiger partial charge in [0.05, 0.1) is 18.0 Å². The predicted molar refractivity (Wildman–Crippen MR) is 208 cm³/mol. The number of fused-ring (bicyclic) bond motifs is 4. The maximum absolute atomic E-state index is 7.36. The summed E-state index contributed by atoms with van der Waals surface area (Å²) in [5.41, 5.74) is 9.92. The Bertz CT molecular complexity index is 2740. The first-order chi connectivity index (χ1) is 24.7. The van der Waals surface area contributed by atoms with Crippen molar-refractivity contribution in [2.75, 3.05) is 0 Å². The Balaban J connectivity index is 1.37. The fourth-order valence-corrected chi connectivity index (χ4v) is 7.16. The van der Waals surface area contributed by atoms with Gasteiger partial charge in [0, 0.05) is 22.1 Å². The Kier molecular flexibility index (Phi) is 7.19. The molecule has 0 saturated carbocycles. The SMILES string of the molecule is [C-]#[N+]c1ccc(-c2cccc(-c3cc(-c4c5ccccc5c(-c5ccccc5)c5ccc6ccccc6c45)nc(-c4ccccc4)n3)c2)cc1. The topological polar surface area (TPSA) is 30.1 Å². The van der Waals surface area contributed by atoms with Gasteiger partial charge in [-0.3, -0.25) is 0 Å². The van der Waals surface area contributed by atoms with E-state index in [2.05, 4.69) is 138 Å². The average molecular weight is 636 g/mol. The molecule has 0 N–H and O–H groups in total. The molecule has 50 heavy (non-hydrogen) atoms. The lowest BCUT2D eigenvalue weighted by molar-refractivity contribution is 1.19. The molecule has 0 spiro atoms. The lowest BCUT2D eigenvalue weighted by atomic mass is 9.85. The molecule has 3 nitrogen and oxygen atoms in total. The van der Waals surface area contributed by atoms with E-state index in [9.17, 15) is 0 Å². The number of hydrogen-bond donors (Lipinski definition) is 0. The van der Waals surface area contributed by atoms with Gasteiger partial charge in [-0.2, -0.15) is 0 Å². The van der Waals surface area contributed by atoms with Crippen molar-refractivity contribution >= 4 is 38.0 Å². The predicted octanol–water partition coefficient (Wildman–Crippen LogP) is 12.8. The van der Waals surface area contributed by atoms with Crippen LogP contribution in [0.4, 0.5) is 5.69 Å². The molecule has 0 amide bonds. The maximum atomic E-state index is 7.36. The normalized spacial score (nSPS) is 11.2. The van der Waals surface area contributed by atoms with Crippen molar-refractivity contribution in [3.8, 4) is 56.2 Å². The number of benzene rings is 8. The van der Waals surface area contributed by atoms with E-state index in [1.165, 1.54) is 38.1 Å². The van der Waals surface area contributed by atoms with Gasteiger partial charge in [0.1, 0.15) is 0 Å². The second-order valence-corrected chi connectivity index (χ2v) is 12.4. The van der Waals surface area contributed by atoms with E-state index in [4.69, 9.17) is 16.5 Å². The Hall–Kier alpha value is -6.89. The van der Waals surface area contributed by atoms with Crippen LogP contribution in [0.3, 0.4) is 0 Å². The highest BCUT2D eigenvalue weighted by Crippen LogP contribution is 2.46. The van der Waals surface area contributed by atoms with Gasteiger partial charge in [-0.05, 0) is 61.3 Å². The standard InChI is InChI=1S/C47H29N3/c1-48-37-26-23-31(24-27-37)35-18-12-19-36(29-35)42-30-43(50-47(49-42)34-16-6-3-7-17-34)46-40-22-11-10-21-39(40)44(33-14-4-2-5-15-33)41-28-25-32-13-8-9-20-38(32)45(41)46/h2-30H. The largest absolute Gasteiger partial charge is 0.238 e. The van der Waals surface area contributed by atoms with Crippen molar-refractivity contribution in [1.29, 1.82) is 0 Å². The first kappa shape index (κ1) is 29.3. The Morgan fingerprint density at radius 1 is 0.380 bits per heavy atom. The summed E-state index contributed by atoms with van der Waals surface area (Å²) < 4.78 is 0. The van der Waals surface area contributed by atoms with Crippen LogP contribution >= 0.6 is 0 Å². The van der Waals surface area contributed by atoms with E-state index in [0.29, 0.717) is 11.5 Å². The Morgan fingerprint density at radius 3 is 1.72 bits per heavy atom. The third-order valence-corrected chi connectivity index (χ3v) is 9.48. The lowest BCUT2D eigenvalue weighted by Crippen LogP contribution is -1.98. The van der Waals surface area contributed by atoms with E-state index >= 15 is 0 Å². The van der Waals surface area contributed by atoms with E-state index in [1.54, 1.807) is 0 Å². The van der Waals surface area contributed by atoms with Gasteiger partial charge >= 0.3 is 0 Å². The number of nitrogens with zero attached hydrogens (tertiary/aromatic N) is 3. The minimum atomic E-state index is 0.628. The van der Waals surface area contributed by atoms with Crippen LogP contribution in [0.25, 0.3) is 93.3 Å². The molecule has 232 valence electrons. The first-order valence-electron chi connectivity index (χ1n) is 16.7. The zero-order valence-electron chi connectivity index (χ0n) is 27.1. The minimum Gasteiger partial charge on any atom is -0.238 e. The van der Waals surface area contributed by atoms with Crippen LogP contribution in [-0.4, -0.2) is 9.97 Å². The highest BCUT2D eigenvalue weighted by molar-refractivity contribution is 6.27. The average Bonchev–Trinajstić information content (AvgIpc) is 3.20. The van der Waals surface area contributed by atoms with Crippen molar-refractivity contribution < 1.29 is 0 Å². The molecule has 9 aromatic rings. The molecule has 0 unspecified atom stereocenters. The fraction of sp³-hybridized carbons (Fsp3) is 0. The van der Waals surface area contributed by atoms with Gasteiger partial charge in [-0.1, -0.05) is 164 Å². The van der Waals surface area contributed by atoms with Gasteiger partial charge in [0.15, 0.2) is 11.5 Å². The van der Waals surface area contributed by atoms with Crippen LogP contribution in [0.1, 0.15) is 0 Å². The molecule has 0 aliphatic carbocycles. The van der Waals surface area contributed by atoms with Crippen molar-refractivity contribution in [3.05, 3.63) is 187 Å². The summed E-state index contributed by atoms with van der Waals surface area (Å²) in [5.74, 6) is 0.675. The molecule has 8 aromatic carbocycles. The third kappa shape index (κ3) is 5.08. The summed E-state index contributed by atoms with van der Waals surface area (Å²) >= 11 is 0. The highest BCUT2D eigenvalue weighted by atomic mass is 14.9. The molecule has 9 rings (SSSR count). The molecule has 0 bridgehead atoms. The second-order valence-electron chi connectivity index (χ2n) is 12.4. The molecule has 3 heteroatoms. The molecular formula is C47H29N3. The summed E-state index contributed by atoms with van der Waals surface area (Å²) in [6.07, 6.45) is 0. The van der Waals surface area contributed by atoms with Crippen LogP contribution in [-0.2, 0) is 0 Å². The van der Waals surface area contributed by atoms with Crippen LogP contribution in [0.15, 0.2) is 176 Å². The van der Waals surface area contributed by atoms with Crippen LogP contribution in [0, 0.1) is 6.57 Å². The minimum absolute atomic E-state index is 0.628. The summed E-state index contributed by atoms with van der Waals surface area (Å²) in [6.45, 7) is 7.36. The lowest BCUT2D eigenvalue weighted by Gasteiger charge is -2.19. The van der Waals surface area contributed by atoms with Crippen LogP contribution < -0.4 is 0 Å². The van der Waals surface area contributed by atoms with Gasteiger partial charge in [0.25, 0.3) is 0 Å². The summed E-state index contributed by atoms with van der Waals surface area (Å²) in [6, 6.07) is 61.2. The highest BCUT2D eigenvalue weighted by Gasteiger charge is 2.21.